The summed E-state index contributed by atoms with van der Waals surface area (Å²) in [7, 11) is 0. The summed E-state index contributed by atoms with van der Waals surface area (Å²) in [5.74, 6) is 1.79. The van der Waals surface area contributed by atoms with Crippen LogP contribution >= 0.6 is 0 Å². The lowest BCUT2D eigenvalue weighted by molar-refractivity contribution is -0.122. The molecule has 1 aromatic carbocycles. The molecule has 1 aromatic rings. The van der Waals surface area contributed by atoms with Crippen molar-refractivity contribution in [3.63, 3.8) is 0 Å². The Morgan fingerprint density at radius 2 is 2.05 bits per heavy atom. The first-order valence-electron chi connectivity index (χ1n) is 7.82. The third-order valence-electron chi connectivity index (χ3n) is 4.99. The van der Waals surface area contributed by atoms with Crippen LogP contribution in [0.3, 0.4) is 0 Å². The van der Waals surface area contributed by atoms with Crippen LogP contribution in [0, 0.1) is 11.8 Å². The van der Waals surface area contributed by atoms with Crippen LogP contribution in [0.4, 0.5) is 0 Å². The molecule has 2 saturated carbocycles. The van der Waals surface area contributed by atoms with E-state index in [1.165, 1.54) is 25.7 Å². The van der Waals surface area contributed by atoms with Crippen molar-refractivity contribution in [3.05, 3.63) is 35.9 Å². The maximum atomic E-state index is 12.0. The maximum absolute atomic E-state index is 12.0. The van der Waals surface area contributed by atoms with Gasteiger partial charge in [0.25, 0.3) is 0 Å². The Morgan fingerprint density at radius 1 is 1.25 bits per heavy atom. The normalized spacial score (nSPS) is 29.4. The van der Waals surface area contributed by atoms with E-state index in [9.17, 15) is 4.79 Å². The quantitative estimate of drug-likeness (QED) is 0.866. The van der Waals surface area contributed by atoms with E-state index in [0.29, 0.717) is 12.5 Å². The zero-order chi connectivity index (χ0) is 13.9. The number of hydrogen-bond acceptors (Lipinski definition) is 2. The molecular formula is C17H24N2O. The predicted octanol–water partition coefficient (Wildman–Crippen LogP) is 2.77. The fraction of sp³-hybridized carbons (Fsp3) is 0.588. The van der Waals surface area contributed by atoms with Crippen molar-refractivity contribution >= 4 is 5.91 Å². The second-order valence-corrected chi connectivity index (χ2v) is 6.40. The minimum Gasteiger partial charge on any atom is -0.353 e. The minimum atomic E-state index is -0.0398. The average molecular weight is 272 g/mol. The van der Waals surface area contributed by atoms with Gasteiger partial charge < -0.3 is 11.1 Å². The molecular weight excluding hydrogens is 248 g/mol. The molecule has 108 valence electrons. The molecule has 1 amide bonds. The van der Waals surface area contributed by atoms with E-state index >= 15 is 0 Å². The van der Waals surface area contributed by atoms with E-state index in [0.717, 1.165) is 23.8 Å². The van der Waals surface area contributed by atoms with Crippen LogP contribution in [0.2, 0.25) is 0 Å². The number of carbonyl (C=O) groups excluding carboxylic acids is 1. The largest absolute Gasteiger partial charge is 0.353 e. The van der Waals surface area contributed by atoms with E-state index < -0.39 is 0 Å². The number of benzene rings is 1. The highest BCUT2D eigenvalue weighted by molar-refractivity contribution is 5.76. The van der Waals surface area contributed by atoms with Gasteiger partial charge in [0, 0.05) is 18.5 Å². The van der Waals surface area contributed by atoms with Gasteiger partial charge >= 0.3 is 0 Å². The minimum absolute atomic E-state index is 0.0398. The first-order valence-corrected chi connectivity index (χ1v) is 7.82. The molecule has 0 radical (unpaired) electrons. The Hall–Kier alpha value is -1.35. The van der Waals surface area contributed by atoms with Gasteiger partial charge in [-0.3, -0.25) is 4.79 Å². The number of hydrogen-bond donors (Lipinski definition) is 2. The van der Waals surface area contributed by atoms with E-state index in [2.05, 4.69) is 5.32 Å². The third-order valence-corrected chi connectivity index (χ3v) is 4.99. The summed E-state index contributed by atoms with van der Waals surface area (Å²) < 4.78 is 0. The zero-order valence-electron chi connectivity index (χ0n) is 11.9. The molecule has 3 N–H and O–H groups in total. The number of nitrogens with two attached hydrogens (primary N) is 1. The van der Waals surface area contributed by atoms with Crippen LogP contribution in [0.25, 0.3) is 0 Å². The maximum Gasteiger partial charge on any atom is 0.220 e. The summed E-state index contributed by atoms with van der Waals surface area (Å²) >= 11 is 0. The summed E-state index contributed by atoms with van der Waals surface area (Å²) in [6.45, 7) is 0. The van der Waals surface area contributed by atoms with Crippen LogP contribution in [-0.4, -0.2) is 11.9 Å². The van der Waals surface area contributed by atoms with Crippen molar-refractivity contribution < 1.29 is 4.79 Å². The Balaban J connectivity index is 1.43. The van der Waals surface area contributed by atoms with Gasteiger partial charge in [-0.1, -0.05) is 36.8 Å². The monoisotopic (exact) mass is 272 g/mol. The van der Waals surface area contributed by atoms with Gasteiger partial charge in [-0.25, -0.2) is 0 Å². The van der Waals surface area contributed by atoms with Gasteiger partial charge in [-0.15, -0.1) is 0 Å². The van der Waals surface area contributed by atoms with Crippen LogP contribution < -0.4 is 11.1 Å². The number of amides is 1. The van der Waals surface area contributed by atoms with Gasteiger partial charge in [-0.05, 0) is 43.1 Å². The van der Waals surface area contributed by atoms with Crippen molar-refractivity contribution in [3.8, 4) is 0 Å². The lowest BCUT2D eigenvalue weighted by atomic mass is 9.95. The second-order valence-electron chi connectivity index (χ2n) is 6.40. The number of nitrogens with one attached hydrogen (secondary N) is 1. The lowest BCUT2D eigenvalue weighted by Crippen LogP contribution is -2.38. The molecule has 2 aliphatic carbocycles. The van der Waals surface area contributed by atoms with E-state index in [4.69, 9.17) is 5.73 Å². The standard InChI is InChI=1S/C17H24N2O/c18-15(13-4-2-1-3-5-13)8-9-17(20)19-16-11-12-6-7-14(16)10-12/h1-5,12,14-16H,6-11,18H2,(H,19,20). The van der Waals surface area contributed by atoms with Crippen molar-refractivity contribution in [2.75, 3.05) is 0 Å². The lowest BCUT2D eigenvalue weighted by Gasteiger charge is -2.23. The molecule has 4 unspecified atom stereocenters. The third kappa shape index (κ3) is 3.04. The van der Waals surface area contributed by atoms with Crippen LogP contribution in [0.1, 0.15) is 50.1 Å². The summed E-state index contributed by atoms with van der Waals surface area (Å²) in [5.41, 5.74) is 7.24. The molecule has 0 aromatic heterocycles. The van der Waals surface area contributed by atoms with Crippen LogP contribution in [-0.2, 0) is 4.79 Å². The van der Waals surface area contributed by atoms with Gasteiger partial charge in [0.1, 0.15) is 0 Å². The van der Waals surface area contributed by atoms with Gasteiger partial charge in [0.05, 0.1) is 0 Å². The summed E-state index contributed by atoms with van der Waals surface area (Å²) in [4.78, 5) is 12.0. The topological polar surface area (TPSA) is 55.1 Å². The first-order chi connectivity index (χ1) is 9.72. The molecule has 3 heteroatoms. The molecule has 0 spiro atoms. The van der Waals surface area contributed by atoms with E-state index in [1.807, 2.05) is 30.3 Å². The molecule has 4 atom stereocenters. The molecule has 0 aliphatic heterocycles. The molecule has 0 saturated heterocycles. The molecule has 2 aliphatic rings. The number of rotatable bonds is 5. The molecule has 0 heterocycles. The van der Waals surface area contributed by atoms with Crippen molar-refractivity contribution in [1.82, 2.24) is 5.32 Å². The van der Waals surface area contributed by atoms with Crippen molar-refractivity contribution in [2.24, 2.45) is 17.6 Å². The highest BCUT2D eigenvalue weighted by Gasteiger charge is 2.39. The van der Waals surface area contributed by atoms with Crippen LogP contribution in [0.15, 0.2) is 30.3 Å². The second kappa shape index (κ2) is 5.96. The Kier molecular flexibility index (Phi) is 4.06. The highest BCUT2D eigenvalue weighted by atomic mass is 16.1. The molecule has 3 rings (SSSR count). The van der Waals surface area contributed by atoms with Gasteiger partial charge in [-0.2, -0.15) is 0 Å². The Labute approximate surface area is 120 Å². The molecule has 2 bridgehead atoms. The fourth-order valence-corrected chi connectivity index (χ4v) is 3.85. The predicted molar refractivity (Wildman–Crippen MR) is 80.0 cm³/mol. The average Bonchev–Trinajstić information content (AvgIpc) is 3.08. The Morgan fingerprint density at radius 3 is 2.70 bits per heavy atom. The molecule has 3 nitrogen and oxygen atoms in total. The SMILES string of the molecule is NC(CCC(=O)NC1CC2CCC1C2)c1ccccc1. The highest BCUT2D eigenvalue weighted by Crippen LogP contribution is 2.44. The van der Waals surface area contributed by atoms with E-state index in [1.54, 1.807) is 0 Å². The van der Waals surface area contributed by atoms with Gasteiger partial charge in [0.15, 0.2) is 0 Å². The number of fused-ring (bicyclic) bond motifs is 2. The summed E-state index contributed by atoms with van der Waals surface area (Å²) in [5, 5.41) is 3.22. The zero-order valence-corrected chi connectivity index (χ0v) is 11.9. The van der Waals surface area contributed by atoms with E-state index in [-0.39, 0.29) is 11.9 Å². The van der Waals surface area contributed by atoms with Gasteiger partial charge in [0.2, 0.25) is 5.91 Å². The molecule has 2 fully saturated rings. The van der Waals surface area contributed by atoms with Crippen molar-refractivity contribution in [2.45, 2.75) is 50.6 Å². The Bertz CT molecular complexity index is 459. The first kappa shape index (κ1) is 13.6. The molecule has 20 heavy (non-hydrogen) atoms. The smallest absolute Gasteiger partial charge is 0.220 e. The fourth-order valence-electron chi connectivity index (χ4n) is 3.85. The van der Waals surface area contributed by atoms with Crippen molar-refractivity contribution in [1.29, 1.82) is 0 Å². The summed E-state index contributed by atoms with van der Waals surface area (Å²) in [6.07, 6.45) is 6.45. The summed E-state index contributed by atoms with van der Waals surface area (Å²) in [6, 6.07) is 10.4. The number of carbonyl (C=O) groups is 1. The van der Waals surface area contributed by atoms with Crippen LogP contribution in [0.5, 0.6) is 0 Å².